The van der Waals surface area contributed by atoms with Crippen molar-refractivity contribution in [2.24, 2.45) is 4.99 Å². The minimum Gasteiger partial charge on any atom is -0.394 e. The lowest BCUT2D eigenvalue weighted by Crippen LogP contribution is -2.15. The van der Waals surface area contributed by atoms with E-state index in [1.165, 1.54) is 18.3 Å². The van der Waals surface area contributed by atoms with Gasteiger partial charge in [0.05, 0.1) is 24.2 Å². The molecule has 0 unspecified atom stereocenters. The summed E-state index contributed by atoms with van der Waals surface area (Å²) >= 11 is 0. The maximum absolute atomic E-state index is 10.4. The van der Waals surface area contributed by atoms with Crippen LogP contribution in [0.2, 0.25) is 0 Å². The number of non-ortho nitro benzene ring substituents is 1. The molecule has 0 amide bonds. The number of rotatable bonds is 5. The molecule has 0 aliphatic heterocycles. The van der Waals surface area contributed by atoms with Crippen LogP contribution in [0, 0.1) is 10.1 Å². The van der Waals surface area contributed by atoms with E-state index < -0.39 is 11.0 Å². The van der Waals surface area contributed by atoms with Crippen molar-refractivity contribution in [2.45, 2.75) is 6.04 Å². The van der Waals surface area contributed by atoms with Crippen molar-refractivity contribution in [3.8, 4) is 0 Å². The second-order valence-corrected chi connectivity index (χ2v) is 3.15. The molecule has 0 saturated heterocycles. The van der Waals surface area contributed by atoms with Crippen molar-refractivity contribution in [2.75, 3.05) is 13.2 Å². The minimum absolute atomic E-state index is 0.0121. The predicted octanol–water partition coefficient (Wildman–Crippen LogP) is 0.367. The molecule has 2 N–H and O–H groups in total. The topological polar surface area (TPSA) is 96.0 Å². The Labute approximate surface area is 92.0 Å². The third kappa shape index (κ3) is 3.41. The number of aliphatic hydroxyl groups excluding tert-OH is 2. The number of nitrogens with zero attached hydrogens (tertiary/aromatic N) is 2. The standard InChI is InChI=1S/C10H12N2O4/c13-6-9(7-14)11-5-8-1-3-10(4-2-8)12(15)16/h1-5,9,13-14H,6-7H2. The third-order valence-electron chi connectivity index (χ3n) is 1.96. The highest BCUT2D eigenvalue weighted by molar-refractivity contribution is 5.80. The molecule has 0 spiro atoms. The molecule has 1 aromatic carbocycles. The van der Waals surface area contributed by atoms with Crippen molar-refractivity contribution in [3.63, 3.8) is 0 Å². The Kier molecular flexibility index (Phi) is 4.56. The zero-order valence-corrected chi connectivity index (χ0v) is 8.48. The van der Waals surface area contributed by atoms with Gasteiger partial charge in [0.2, 0.25) is 0 Å². The number of nitro benzene ring substituents is 1. The van der Waals surface area contributed by atoms with Gasteiger partial charge in [-0.3, -0.25) is 15.1 Å². The van der Waals surface area contributed by atoms with Gasteiger partial charge in [-0.1, -0.05) is 0 Å². The van der Waals surface area contributed by atoms with Gasteiger partial charge in [0.25, 0.3) is 5.69 Å². The first-order valence-corrected chi connectivity index (χ1v) is 4.66. The van der Waals surface area contributed by atoms with Gasteiger partial charge in [-0.15, -0.1) is 0 Å². The molecule has 0 aliphatic rings. The van der Waals surface area contributed by atoms with E-state index in [0.29, 0.717) is 5.56 Å². The summed E-state index contributed by atoms with van der Waals surface area (Å²) in [5.41, 5.74) is 0.690. The van der Waals surface area contributed by atoms with Crippen molar-refractivity contribution < 1.29 is 15.1 Å². The monoisotopic (exact) mass is 224 g/mol. The Bertz CT molecular complexity index is 371. The molecule has 0 aliphatic carbocycles. The maximum atomic E-state index is 10.4. The lowest BCUT2D eigenvalue weighted by molar-refractivity contribution is -0.384. The van der Waals surface area contributed by atoms with E-state index in [-0.39, 0.29) is 18.9 Å². The second kappa shape index (κ2) is 5.94. The van der Waals surface area contributed by atoms with E-state index in [2.05, 4.69) is 4.99 Å². The highest BCUT2D eigenvalue weighted by Crippen LogP contribution is 2.10. The smallest absolute Gasteiger partial charge is 0.269 e. The molecule has 1 rings (SSSR count). The summed E-state index contributed by atoms with van der Waals surface area (Å²) in [4.78, 5) is 13.8. The number of nitro groups is 1. The fourth-order valence-electron chi connectivity index (χ4n) is 1.03. The van der Waals surface area contributed by atoms with E-state index >= 15 is 0 Å². The van der Waals surface area contributed by atoms with Crippen LogP contribution in [0.4, 0.5) is 5.69 Å². The summed E-state index contributed by atoms with van der Waals surface area (Å²) in [5, 5.41) is 27.9. The lowest BCUT2D eigenvalue weighted by Gasteiger charge is -2.03. The van der Waals surface area contributed by atoms with Crippen molar-refractivity contribution in [1.29, 1.82) is 0 Å². The van der Waals surface area contributed by atoms with Crippen LogP contribution in [0.3, 0.4) is 0 Å². The minimum atomic E-state index is -0.546. The normalized spacial score (nSPS) is 11.2. The summed E-state index contributed by atoms with van der Waals surface area (Å²) in [6, 6.07) is 5.29. The van der Waals surface area contributed by atoms with Crippen molar-refractivity contribution in [1.82, 2.24) is 0 Å². The summed E-state index contributed by atoms with van der Waals surface area (Å²) in [6.45, 7) is -0.472. The largest absolute Gasteiger partial charge is 0.394 e. The van der Waals surface area contributed by atoms with Crippen LogP contribution in [0.5, 0.6) is 0 Å². The van der Waals surface area contributed by atoms with Crippen LogP contribution in [0.1, 0.15) is 5.56 Å². The molecule has 16 heavy (non-hydrogen) atoms. The molecule has 0 saturated carbocycles. The zero-order valence-electron chi connectivity index (χ0n) is 8.48. The molecule has 0 radical (unpaired) electrons. The third-order valence-corrected chi connectivity index (χ3v) is 1.96. The average Bonchev–Trinajstić information content (AvgIpc) is 2.31. The summed E-state index contributed by atoms with van der Waals surface area (Å²) < 4.78 is 0. The number of hydrogen-bond acceptors (Lipinski definition) is 5. The second-order valence-electron chi connectivity index (χ2n) is 3.15. The Hall–Kier alpha value is -1.79. The quantitative estimate of drug-likeness (QED) is 0.429. The van der Waals surface area contributed by atoms with Crippen LogP contribution in [0.25, 0.3) is 0 Å². The highest BCUT2D eigenvalue weighted by Gasteiger charge is 2.03. The highest BCUT2D eigenvalue weighted by atomic mass is 16.6. The number of benzene rings is 1. The lowest BCUT2D eigenvalue weighted by atomic mass is 10.2. The fourth-order valence-corrected chi connectivity index (χ4v) is 1.03. The van der Waals surface area contributed by atoms with Crippen LogP contribution in [-0.2, 0) is 0 Å². The van der Waals surface area contributed by atoms with E-state index in [4.69, 9.17) is 10.2 Å². The van der Waals surface area contributed by atoms with Crippen LogP contribution < -0.4 is 0 Å². The maximum Gasteiger partial charge on any atom is 0.269 e. The number of aliphatic imine (C=N–C) groups is 1. The summed E-state index contributed by atoms with van der Waals surface area (Å²) in [7, 11) is 0. The molecule has 0 heterocycles. The molecule has 86 valence electrons. The number of hydrogen-bond donors (Lipinski definition) is 2. The average molecular weight is 224 g/mol. The Morgan fingerprint density at radius 3 is 2.31 bits per heavy atom. The Morgan fingerprint density at radius 2 is 1.88 bits per heavy atom. The van der Waals surface area contributed by atoms with Gasteiger partial charge < -0.3 is 10.2 Å². The molecule has 1 aromatic rings. The van der Waals surface area contributed by atoms with Gasteiger partial charge in [-0.2, -0.15) is 0 Å². The zero-order chi connectivity index (χ0) is 12.0. The van der Waals surface area contributed by atoms with Crippen molar-refractivity contribution in [3.05, 3.63) is 39.9 Å². The first-order valence-electron chi connectivity index (χ1n) is 4.66. The molecular weight excluding hydrogens is 212 g/mol. The molecule has 6 nitrogen and oxygen atoms in total. The van der Waals surface area contributed by atoms with Gasteiger partial charge in [0.1, 0.15) is 0 Å². The summed E-state index contributed by atoms with van der Waals surface area (Å²) in [6.07, 6.45) is 1.46. The van der Waals surface area contributed by atoms with E-state index in [1.807, 2.05) is 0 Å². The van der Waals surface area contributed by atoms with Crippen LogP contribution >= 0.6 is 0 Å². The van der Waals surface area contributed by atoms with Gasteiger partial charge in [-0.05, 0) is 17.7 Å². The Balaban J connectivity index is 2.71. The van der Waals surface area contributed by atoms with E-state index in [1.54, 1.807) is 12.1 Å². The fraction of sp³-hybridized carbons (Fsp3) is 0.300. The molecule has 0 fully saturated rings. The summed E-state index contributed by atoms with van der Waals surface area (Å²) in [5.74, 6) is 0. The van der Waals surface area contributed by atoms with Crippen LogP contribution in [-0.4, -0.2) is 40.6 Å². The Morgan fingerprint density at radius 1 is 1.31 bits per heavy atom. The molecule has 0 atom stereocenters. The van der Waals surface area contributed by atoms with Gasteiger partial charge in [0, 0.05) is 18.3 Å². The first-order chi connectivity index (χ1) is 7.67. The van der Waals surface area contributed by atoms with E-state index in [0.717, 1.165) is 0 Å². The number of aliphatic hydroxyl groups is 2. The molecule has 0 bridgehead atoms. The van der Waals surface area contributed by atoms with Gasteiger partial charge in [0.15, 0.2) is 0 Å². The van der Waals surface area contributed by atoms with Gasteiger partial charge in [-0.25, -0.2) is 0 Å². The molecule has 0 aromatic heterocycles. The SMILES string of the molecule is O=[N+]([O-])c1ccc(C=NC(CO)CO)cc1. The first kappa shape index (κ1) is 12.3. The van der Waals surface area contributed by atoms with Crippen molar-refractivity contribution >= 4 is 11.9 Å². The van der Waals surface area contributed by atoms with Gasteiger partial charge >= 0.3 is 0 Å². The van der Waals surface area contributed by atoms with E-state index in [9.17, 15) is 10.1 Å². The predicted molar refractivity (Wildman–Crippen MR) is 58.7 cm³/mol. The molecular formula is C10H12N2O4. The van der Waals surface area contributed by atoms with Crippen LogP contribution in [0.15, 0.2) is 29.3 Å². The molecule has 6 heteroatoms.